The first-order chi connectivity index (χ1) is 28.8. The van der Waals surface area contributed by atoms with E-state index >= 15 is 0 Å². The standard InChI is InChI=1S/C56H38N2/c1-3-13-39(14-4-1)40-25-27-41(28-26-40)42-29-33-46(34-30-42)57(47-35-31-44(32-36-47)49-21-11-18-43-15-7-8-19-48(43)49)52-23-12-24-53-50(52)37-38-55-56(45-16-5-2-6-17-45)51-20-9-10-22-54(51)58(53)55/h1-38H. The number of benzene rings is 9. The van der Waals surface area contributed by atoms with Crippen LogP contribution in [0.1, 0.15) is 0 Å². The average Bonchev–Trinajstić information content (AvgIpc) is 3.65. The van der Waals surface area contributed by atoms with Crippen LogP contribution in [0, 0.1) is 0 Å². The monoisotopic (exact) mass is 738 g/mol. The molecule has 272 valence electrons. The van der Waals surface area contributed by atoms with E-state index in [0.717, 1.165) is 17.1 Å². The highest BCUT2D eigenvalue weighted by atomic mass is 15.1. The van der Waals surface area contributed by atoms with Crippen molar-refractivity contribution in [2.45, 2.75) is 0 Å². The predicted octanol–water partition coefficient (Wildman–Crippen LogP) is 15.5. The predicted molar refractivity (Wildman–Crippen MR) is 246 cm³/mol. The fourth-order valence-electron chi connectivity index (χ4n) is 8.83. The summed E-state index contributed by atoms with van der Waals surface area (Å²) in [6.07, 6.45) is 0. The summed E-state index contributed by atoms with van der Waals surface area (Å²) in [5.41, 5.74) is 16.6. The van der Waals surface area contributed by atoms with Crippen LogP contribution < -0.4 is 4.90 Å². The lowest BCUT2D eigenvalue weighted by Crippen LogP contribution is -2.10. The van der Waals surface area contributed by atoms with E-state index in [1.807, 2.05) is 0 Å². The van der Waals surface area contributed by atoms with Crippen LogP contribution in [0.15, 0.2) is 231 Å². The van der Waals surface area contributed by atoms with Gasteiger partial charge in [0.2, 0.25) is 0 Å². The Morgan fingerprint density at radius 3 is 1.45 bits per heavy atom. The van der Waals surface area contributed by atoms with Crippen molar-refractivity contribution >= 4 is 55.2 Å². The summed E-state index contributed by atoms with van der Waals surface area (Å²) in [6, 6.07) is 83.6. The molecule has 0 bridgehead atoms. The average molecular weight is 739 g/mol. The zero-order valence-electron chi connectivity index (χ0n) is 31.8. The molecule has 0 N–H and O–H groups in total. The molecule has 0 aliphatic carbocycles. The minimum atomic E-state index is 1.09. The van der Waals surface area contributed by atoms with Gasteiger partial charge in [0.05, 0.1) is 22.2 Å². The van der Waals surface area contributed by atoms with Crippen molar-refractivity contribution in [3.8, 4) is 44.5 Å². The SMILES string of the molecule is c1ccc(-c2ccc(-c3ccc(N(c4ccc(-c5cccc6ccccc56)cc4)c4cccc5c4ccc4c(-c6ccccc6)c6ccccc6n45)cc3)cc2)cc1. The number of hydrogen-bond donors (Lipinski definition) is 0. The van der Waals surface area contributed by atoms with Gasteiger partial charge in [0.1, 0.15) is 0 Å². The molecule has 11 rings (SSSR count). The van der Waals surface area contributed by atoms with Crippen LogP contribution in [0.25, 0.3) is 82.6 Å². The first kappa shape index (κ1) is 33.6. The molecule has 58 heavy (non-hydrogen) atoms. The molecule has 0 unspecified atom stereocenters. The number of para-hydroxylation sites is 1. The lowest BCUT2D eigenvalue weighted by atomic mass is 9.98. The van der Waals surface area contributed by atoms with Gasteiger partial charge >= 0.3 is 0 Å². The van der Waals surface area contributed by atoms with Crippen LogP contribution >= 0.6 is 0 Å². The highest BCUT2D eigenvalue weighted by Crippen LogP contribution is 2.43. The molecule has 11 aromatic rings. The van der Waals surface area contributed by atoms with Crippen molar-refractivity contribution in [3.63, 3.8) is 0 Å². The van der Waals surface area contributed by atoms with E-state index in [-0.39, 0.29) is 0 Å². The maximum atomic E-state index is 2.44. The van der Waals surface area contributed by atoms with Crippen molar-refractivity contribution in [3.05, 3.63) is 231 Å². The minimum Gasteiger partial charge on any atom is -0.310 e. The van der Waals surface area contributed by atoms with Gasteiger partial charge in [0.15, 0.2) is 0 Å². The van der Waals surface area contributed by atoms with Gasteiger partial charge in [-0.2, -0.15) is 0 Å². The molecular weight excluding hydrogens is 701 g/mol. The summed E-state index contributed by atoms with van der Waals surface area (Å²) in [4.78, 5) is 2.41. The second-order valence-electron chi connectivity index (χ2n) is 14.9. The molecule has 0 atom stereocenters. The number of rotatable bonds is 7. The van der Waals surface area contributed by atoms with Crippen molar-refractivity contribution in [2.24, 2.45) is 0 Å². The summed E-state index contributed by atoms with van der Waals surface area (Å²) in [5.74, 6) is 0. The van der Waals surface area contributed by atoms with Gasteiger partial charge in [-0.1, -0.05) is 176 Å². The van der Waals surface area contributed by atoms with E-state index in [4.69, 9.17) is 0 Å². The maximum Gasteiger partial charge on any atom is 0.0555 e. The Kier molecular flexibility index (Phi) is 8.19. The fraction of sp³-hybridized carbons (Fsp3) is 0. The summed E-state index contributed by atoms with van der Waals surface area (Å²) in [6.45, 7) is 0. The number of aromatic nitrogens is 1. The van der Waals surface area contributed by atoms with Gasteiger partial charge in [0.25, 0.3) is 0 Å². The Balaban J connectivity index is 1.06. The molecule has 2 nitrogen and oxygen atoms in total. The van der Waals surface area contributed by atoms with Crippen LogP contribution in [-0.2, 0) is 0 Å². The fourth-order valence-corrected chi connectivity index (χ4v) is 8.83. The molecule has 9 aromatic carbocycles. The molecule has 0 saturated heterocycles. The first-order valence-corrected chi connectivity index (χ1v) is 19.9. The van der Waals surface area contributed by atoms with Crippen molar-refractivity contribution in [1.82, 2.24) is 4.40 Å². The number of hydrogen-bond acceptors (Lipinski definition) is 1. The van der Waals surface area contributed by atoms with E-state index in [9.17, 15) is 0 Å². The number of fused-ring (bicyclic) bond motifs is 6. The topological polar surface area (TPSA) is 7.65 Å². The number of nitrogens with zero attached hydrogens (tertiary/aromatic N) is 2. The van der Waals surface area contributed by atoms with Crippen molar-refractivity contribution in [1.29, 1.82) is 0 Å². The van der Waals surface area contributed by atoms with Gasteiger partial charge < -0.3 is 9.30 Å². The van der Waals surface area contributed by atoms with Crippen molar-refractivity contribution in [2.75, 3.05) is 4.90 Å². The Labute approximate surface area is 338 Å². The molecule has 0 aliphatic heterocycles. The molecule has 0 spiro atoms. The Morgan fingerprint density at radius 1 is 0.276 bits per heavy atom. The maximum absolute atomic E-state index is 2.44. The van der Waals surface area contributed by atoms with E-state index in [2.05, 4.69) is 240 Å². The van der Waals surface area contributed by atoms with E-state index in [1.165, 1.54) is 82.6 Å². The highest BCUT2D eigenvalue weighted by Gasteiger charge is 2.20. The van der Waals surface area contributed by atoms with Gasteiger partial charge in [-0.05, 0) is 104 Å². The van der Waals surface area contributed by atoms with E-state index in [1.54, 1.807) is 0 Å². The number of pyridine rings is 1. The third kappa shape index (κ3) is 5.74. The van der Waals surface area contributed by atoms with E-state index < -0.39 is 0 Å². The normalized spacial score (nSPS) is 11.4. The summed E-state index contributed by atoms with van der Waals surface area (Å²) in [5, 5.41) is 4.93. The first-order valence-electron chi connectivity index (χ1n) is 19.9. The highest BCUT2D eigenvalue weighted by molar-refractivity contribution is 6.10. The Hall–Kier alpha value is -7.68. The second-order valence-corrected chi connectivity index (χ2v) is 14.9. The minimum absolute atomic E-state index is 1.09. The van der Waals surface area contributed by atoms with Gasteiger partial charge in [0, 0.05) is 27.7 Å². The number of anilines is 3. The molecule has 0 aliphatic rings. The second kappa shape index (κ2) is 14.1. The largest absolute Gasteiger partial charge is 0.310 e. The summed E-state index contributed by atoms with van der Waals surface area (Å²) in [7, 11) is 0. The third-order valence-corrected chi connectivity index (χ3v) is 11.6. The zero-order valence-corrected chi connectivity index (χ0v) is 31.8. The Bertz CT molecular complexity index is 3230. The van der Waals surface area contributed by atoms with Crippen LogP contribution in [-0.4, -0.2) is 4.40 Å². The van der Waals surface area contributed by atoms with Crippen LogP contribution in [0.4, 0.5) is 17.1 Å². The molecule has 2 aromatic heterocycles. The van der Waals surface area contributed by atoms with Crippen LogP contribution in [0.3, 0.4) is 0 Å². The van der Waals surface area contributed by atoms with Gasteiger partial charge in [-0.15, -0.1) is 0 Å². The smallest absolute Gasteiger partial charge is 0.0555 e. The molecule has 0 fully saturated rings. The summed E-state index contributed by atoms with van der Waals surface area (Å²) < 4.78 is 2.44. The van der Waals surface area contributed by atoms with Crippen LogP contribution in [0.5, 0.6) is 0 Å². The summed E-state index contributed by atoms with van der Waals surface area (Å²) >= 11 is 0. The van der Waals surface area contributed by atoms with E-state index in [0.29, 0.717) is 0 Å². The molecule has 2 heterocycles. The lowest BCUT2D eigenvalue weighted by Gasteiger charge is -2.27. The molecule has 2 heteroatoms. The van der Waals surface area contributed by atoms with Gasteiger partial charge in [-0.25, -0.2) is 0 Å². The van der Waals surface area contributed by atoms with Gasteiger partial charge in [-0.3, -0.25) is 0 Å². The van der Waals surface area contributed by atoms with Crippen LogP contribution in [0.2, 0.25) is 0 Å². The lowest BCUT2D eigenvalue weighted by molar-refractivity contribution is 1.28. The quantitative estimate of drug-likeness (QED) is 0.158. The van der Waals surface area contributed by atoms with Crippen molar-refractivity contribution < 1.29 is 0 Å². The molecule has 0 saturated carbocycles. The molecule has 0 amide bonds. The molecule has 0 radical (unpaired) electrons. The third-order valence-electron chi connectivity index (χ3n) is 11.6. The molecular formula is C56H38N2. The zero-order chi connectivity index (χ0) is 38.4. The Morgan fingerprint density at radius 2 is 0.759 bits per heavy atom.